The van der Waals surface area contributed by atoms with E-state index in [1.807, 2.05) is 54.2 Å². The summed E-state index contributed by atoms with van der Waals surface area (Å²) in [6.45, 7) is 2.86. The van der Waals surface area contributed by atoms with Crippen LogP contribution in [-0.2, 0) is 13.0 Å². The minimum Gasteiger partial charge on any atom is -0.288 e. The molecule has 3 aromatic rings. The second-order valence-corrected chi connectivity index (χ2v) is 6.42. The second kappa shape index (κ2) is 7.20. The number of carbonyl (C=O) groups excluding carboxylic acids is 1. The molecule has 3 rings (SSSR count). The summed E-state index contributed by atoms with van der Waals surface area (Å²) in [4.78, 5) is 14.2. The van der Waals surface area contributed by atoms with Crippen molar-refractivity contribution >= 4 is 23.2 Å². The molecular formula is C19H18N2OS. The van der Waals surface area contributed by atoms with Crippen molar-refractivity contribution in [2.24, 2.45) is 0 Å². The van der Waals surface area contributed by atoms with Crippen LogP contribution in [0.2, 0.25) is 0 Å². The monoisotopic (exact) mass is 322 g/mol. The van der Waals surface area contributed by atoms with E-state index in [4.69, 9.17) is 0 Å². The van der Waals surface area contributed by atoms with E-state index in [1.54, 1.807) is 23.6 Å². The largest absolute Gasteiger partial charge is 0.288 e. The number of aryl methyl sites for hydroxylation is 1. The maximum atomic E-state index is 12.3. The SMILES string of the molecule is CCn1cc(/C=C/C(=O)c2ccc(Cc3ccccc3)s2)cn1. The molecule has 0 fully saturated rings. The molecule has 0 N–H and O–H groups in total. The number of hydrogen-bond acceptors (Lipinski definition) is 3. The molecule has 2 aromatic heterocycles. The minimum absolute atomic E-state index is 0.0403. The van der Waals surface area contributed by atoms with Crippen molar-refractivity contribution in [2.75, 3.05) is 0 Å². The molecule has 0 aliphatic carbocycles. The number of hydrogen-bond donors (Lipinski definition) is 0. The molecule has 2 heterocycles. The Labute approximate surface area is 139 Å². The van der Waals surface area contributed by atoms with E-state index in [2.05, 4.69) is 17.2 Å². The molecule has 0 aliphatic heterocycles. The van der Waals surface area contributed by atoms with Gasteiger partial charge in [0.2, 0.25) is 0 Å². The summed E-state index contributed by atoms with van der Waals surface area (Å²) in [5, 5.41) is 4.19. The van der Waals surface area contributed by atoms with Gasteiger partial charge < -0.3 is 0 Å². The Balaban J connectivity index is 1.66. The molecule has 23 heavy (non-hydrogen) atoms. The minimum atomic E-state index is 0.0403. The van der Waals surface area contributed by atoms with Crippen molar-refractivity contribution in [3.63, 3.8) is 0 Å². The number of ketones is 1. The van der Waals surface area contributed by atoms with Gasteiger partial charge in [-0.3, -0.25) is 9.48 Å². The number of carbonyl (C=O) groups is 1. The van der Waals surface area contributed by atoms with Gasteiger partial charge in [-0.1, -0.05) is 30.3 Å². The average Bonchev–Trinajstić information content (AvgIpc) is 3.23. The first-order chi connectivity index (χ1) is 11.2. The summed E-state index contributed by atoms with van der Waals surface area (Å²) >= 11 is 1.56. The van der Waals surface area contributed by atoms with Crippen molar-refractivity contribution in [2.45, 2.75) is 19.9 Å². The van der Waals surface area contributed by atoms with Crippen molar-refractivity contribution in [1.82, 2.24) is 9.78 Å². The number of thiophene rings is 1. The van der Waals surface area contributed by atoms with Gasteiger partial charge in [0, 0.05) is 29.6 Å². The maximum Gasteiger partial charge on any atom is 0.195 e. The number of nitrogens with zero attached hydrogens (tertiary/aromatic N) is 2. The lowest BCUT2D eigenvalue weighted by Crippen LogP contribution is -1.92. The molecule has 0 radical (unpaired) electrons. The Kier molecular flexibility index (Phi) is 4.83. The van der Waals surface area contributed by atoms with Gasteiger partial charge in [0.1, 0.15) is 0 Å². The van der Waals surface area contributed by atoms with Crippen LogP contribution >= 0.6 is 11.3 Å². The first kappa shape index (κ1) is 15.4. The second-order valence-electron chi connectivity index (χ2n) is 5.26. The average molecular weight is 322 g/mol. The molecular weight excluding hydrogens is 304 g/mol. The third-order valence-electron chi connectivity index (χ3n) is 3.53. The van der Waals surface area contributed by atoms with Gasteiger partial charge >= 0.3 is 0 Å². The van der Waals surface area contributed by atoms with E-state index in [1.165, 1.54) is 10.4 Å². The van der Waals surface area contributed by atoms with Crippen molar-refractivity contribution < 1.29 is 4.79 Å². The number of benzene rings is 1. The Morgan fingerprint density at radius 3 is 2.78 bits per heavy atom. The highest BCUT2D eigenvalue weighted by Crippen LogP contribution is 2.21. The fourth-order valence-electron chi connectivity index (χ4n) is 2.30. The van der Waals surface area contributed by atoms with E-state index in [9.17, 15) is 4.79 Å². The standard InChI is InChI=1S/C19H18N2OS/c1-2-21-14-16(13-20-21)8-10-18(22)19-11-9-17(23-19)12-15-6-4-3-5-7-15/h3-11,13-14H,2,12H2,1H3/b10-8+. The summed E-state index contributed by atoms with van der Waals surface area (Å²) in [5.74, 6) is 0.0403. The molecule has 4 heteroatoms. The van der Waals surface area contributed by atoms with Crippen LogP contribution in [0.25, 0.3) is 6.08 Å². The fourth-order valence-corrected chi connectivity index (χ4v) is 3.26. The van der Waals surface area contributed by atoms with Crippen LogP contribution in [0.5, 0.6) is 0 Å². The van der Waals surface area contributed by atoms with E-state index < -0.39 is 0 Å². The van der Waals surface area contributed by atoms with Crippen LogP contribution < -0.4 is 0 Å². The van der Waals surface area contributed by atoms with Gasteiger partial charge in [0.05, 0.1) is 11.1 Å². The zero-order valence-corrected chi connectivity index (χ0v) is 13.8. The predicted octanol–water partition coefficient (Wildman–Crippen LogP) is 4.45. The van der Waals surface area contributed by atoms with Crippen LogP contribution in [0.3, 0.4) is 0 Å². The van der Waals surface area contributed by atoms with Gasteiger partial charge in [0.15, 0.2) is 5.78 Å². The molecule has 0 atom stereocenters. The van der Waals surface area contributed by atoms with E-state index in [0.29, 0.717) is 0 Å². The third-order valence-corrected chi connectivity index (χ3v) is 4.63. The molecule has 0 saturated heterocycles. The Morgan fingerprint density at radius 1 is 1.22 bits per heavy atom. The molecule has 3 nitrogen and oxygen atoms in total. The molecule has 0 saturated carbocycles. The highest BCUT2D eigenvalue weighted by Gasteiger charge is 2.07. The Morgan fingerprint density at radius 2 is 2.04 bits per heavy atom. The van der Waals surface area contributed by atoms with Gasteiger partial charge in [-0.25, -0.2) is 0 Å². The molecule has 0 amide bonds. The first-order valence-corrected chi connectivity index (χ1v) is 8.44. The zero-order valence-electron chi connectivity index (χ0n) is 13.0. The highest BCUT2D eigenvalue weighted by molar-refractivity contribution is 7.14. The third kappa shape index (κ3) is 4.05. The topological polar surface area (TPSA) is 34.9 Å². The molecule has 116 valence electrons. The normalized spacial score (nSPS) is 11.2. The van der Waals surface area contributed by atoms with Gasteiger partial charge in [-0.15, -0.1) is 11.3 Å². The van der Waals surface area contributed by atoms with Crippen LogP contribution in [0.15, 0.2) is 60.9 Å². The summed E-state index contributed by atoms with van der Waals surface area (Å²) in [6, 6.07) is 14.2. The van der Waals surface area contributed by atoms with Crippen molar-refractivity contribution in [1.29, 1.82) is 0 Å². The van der Waals surface area contributed by atoms with Gasteiger partial charge in [-0.2, -0.15) is 5.10 Å². The van der Waals surface area contributed by atoms with E-state index in [-0.39, 0.29) is 5.78 Å². The van der Waals surface area contributed by atoms with E-state index in [0.717, 1.165) is 23.4 Å². The van der Waals surface area contributed by atoms with E-state index >= 15 is 0 Å². The molecule has 0 spiro atoms. The summed E-state index contributed by atoms with van der Waals surface area (Å²) < 4.78 is 1.84. The van der Waals surface area contributed by atoms with Crippen LogP contribution in [0.4, 0.5) is 0 Å². The number of rotatable bonds is 6. The van der Waals surface area contributed by atoms with Gasteiger partial charge in [0.25, 0.3) is 0 Å². The highest BCUT2D eigenvalue weighted by atomic mass is 32.1. The summed E-state index contributed by atoms with van der Waals surface area (Å²) in [5.41, 5.74) is 2.21. The van der Waals surface area contributed by atoms with Crippen molar-refractivity contribution in [3.05, 3.63) is 81.8 Å². The lowest BCUT2D eigenvalue weighted by molar-refractivity contribution is 0.105. The molecule has 0 aliphatic rings. The number of aromatic nitrogens is 2. The van der Waals surface area contributed by atoms with Gasteiger partial charge in [-0.05, 0) is 36.8 Å². The summed E-state index contributed by atoms with van der Waals surface area (Å²) in [7, 11) is 0. The van der Waals surface area contributed by atoms with Crippen molar-refractivity contribution in [3.8, 4) is 0 Å². The number of allylic oxidation sites excluding steroid dienone is 1. The Hall–Kier alpha value is -2.46. The Bertz CT molecular complexity index is 815. The first-order valence-electron chi connectivity index (χ1n) is 7.62. The summed E-state index contributed by atoms with van der Waals surface area (Å²) in [6.07, 6.45) is 8.00. The lowest BCUT2D eigenvalue weighted by Gasteiger charge is -1.96. The molecule has 1 aromatic carbocycles. The van der Waals surface area contributed by atoms with Crippen LogP contribution in [0, 0.1) is 0 Å². The quantitative estimate of drug-likeness (QED) is 0.496. The van der Waals surface area contributed by atoms with Crippen LogP contribution in [-0.4, -0.2) is 15.6 Å². The smallest absolute Gasteiger partial charge is 0.195 e. The molecule has 0 unspecified atom stereocenters. The van der Waals surface area contributed by atoms with Crippen LogP contribution in [0.1, 0.15) is 32.6 Å². The predicted molar refractivity (Wildman–Crippen MR) is 94.8 cm³/mol. The fraction of sp³-hybridized carbons (Fsp3) is 0.158. The lowest BCUT2D eigenvalue weighted by atomic mass is 10.1. The maximum absolute atomic E-state index is 12.3. The zero-order chi connectivity index (χ0) is 16.1. The molecule has 0 bridgehead atoms.